The summed E-state index contributed by atoms with van der Waals surface area (Å²) in [6.45, 7) is 0. The summed E-state index contributed by atoms with van der Waals surface area (Å²) in [6.07, 6.45) is 4.32. The number of hydrogen-bond acceptors (Lipinski definition) is 0. The molecule has 0 saturated heterocycles. The molecule has 2 aromatic rings. The van der Waals surface area contributed by atoms with Crippen molar-refractivity contribution in [3.05, 3.63) is 83.4 Å². The van der Waals surface area contributed by atoms with Crippen LogP contribution in [0.2, 0.25) is 0 Å². The molecule has 0 bridgehead atoms. The highest BCUT2D eigenvalue weighted by atomic mass is 31.1. The maximum atomic E-state index is 2.20. The van der Waals surface area contributed by atoms with E-state index >= 15 is 0 Å². The van der Waals surface area contributed by atoms with Gasteiger partial charge in [0.05, 0.1) is 0 Å². The van der Waals surface area contributed by atoms with Gasteiger partial charge in [0.25, 0.3) is 0 Å². The predicted octanol–water partition coefficient (Wildman–Crippen LogP) is 5.01. The first kappa shape index (κ1) is 11.8. The van der Waals surface area contributed by atoms with E-state index in [1.807, 2.05) is 12.1 Å². The molecule has 0 saturated carbocycles. The molecule has 2 rings (SSSR count). The molecule has 0 nitrogen and oxygen atoms in total. The van der Waals surface area contributed by atoms with Gasteiger partial charge in [-0.1, -0.05) is 93.0 Å². The molecule has 1 heteroatoms. The SMILES string of the molecule is C(=Cc1ccccc1)PC=Cc1ccccc1. The lowest BCUT2D eigenvalue weighted by atomic mass is 10.2. The topological polar surface area (TPSA) is 0 Å². The van der Waals surface area contributed by atoms with Gasteiger partial charge in [-0.15, -0.1) is 0 Å². The van der Waals surface area contributed by atoms with Crippen LogP contribution in [0.4, 0.5) is 0 Å². The highest BCUT2D eigenvalue weighted by Gasteiger charge is 1.82. The predicted molar refractivity (Wildman–Crippen MR) is 79.3 cm³/mol. The fourth-order valence-corrected chi connectivity index (χ4v) is 2.16. The Morgan fingerprint density at radius 2 is 1.00 bits per heavy atom. The summed E-state index contributed by atoms with van der Waals surface area (Å²) in [5.74, 6) is 4.41. The van der Waals surface area contributed by atoms with Crippen molar-refractivity contribution in [2.75, 3.05) is 0 Å². The molecule has 0 N–H and O–H groups in total. The molecule has 0 aromatic heterocycles. The molecular formula is C16H15P. The third-order valence-corrected chi connectivity index (χ3v) is 3.06. The molecule has 84 valence electrons. The Kier molecular flexibility index (Phi) is 4.75. The summed E-state index contributed by atoms with van der Waals surface area (Å²) in [5, 5.41) is 0. The Bertz CT molecular complexity index is 436. The molecule has 17 heavy (non-hydrogen) atoms. The molecule has 0 spiro atoms. The Morgan fingerprint density at radius 1 is 0.588 bits per heavy atom. The summed E-state index contributed by atoms with van der Waals surface area (Å²) in [5.41, 5.74) is 2.52. The standard InChI is InChI=1S/C16H15P/c1-3-7-15(8-4-1)11-13-17-14-12-16-9-5-2-6-10-16/h1-14,17H. The molecule has 0 radical (unpaired) electrons. The Hall–Kier alpha value is -1.65. The first-order chi connectivity index (χ1) is 8.45. The van der Waals surface area contributed by atoms with Crippen LogP contribution in [0.3, 0.4) is 0 Å². The van der Waals surface area contributed by atoms with Gasteiger partial charge in [-0.05, 0) is 11.1 Å². The van der Waals surface area contributed by atoms with E-state index in [1.54, 1.807) is 0 Å². The van der Waals surface area contributed by atoms with Gasteiger partial charge < -0.3 is 0 Å². The zero-order valence-corrected chi connectivity index (χ0v) is 10.6. The van der Waals surface area contributed by atoms with E-state index in [2.05, 4.69) is 72.3 Å². The number of rotatable bonds is 4. The second-order valence-electron chi connectivity index (χ2n) is 3.65. The zero-order valence-electron chi connectivity index (χ0n) is 9.58. The highest BCUT2D eigenvalue weighted by Crippen LogP contribution is 2.18. The van der Waals surface area contributed by atoms with Crippen LogP contribution in [0.5, 0.6) is 0 Å². The minimum absolute atomic E-state index is 0.722. The van der Waals surface area contributed by atoms with Gasteiger partial charge in [-0.3, -0.25) is 0 Å². The first-order valence-corrected chi connectivity index (χ1v) is 6.80. The fraction of sp³-hybridized carbons (Fsp3) is 0. The quantitative estimate of drug-likeness (QED) is 0.657. The van der Waals surface area contributed by atoms with Crippen molar-refractivity contribution in [3.63, 3.8) is 0 Å². The van der Waals surface area contributed by atoms with Crippen molar-refractivity contribution in [3.8, 4) is 0 Å². The average Bonchev–Trinajstić information content (AvgIpc) is 2.41. The monoisotopic (exact) mass is 238 g/mol. The summed E-state index contributed by atoms with van der Waals surface area (Å²) in [6, 6.07) is 20.8. The van der Waals surface area contributed by atoms with Crippen LogP contribution in [0, 0.1) is 0 Å². The Labute approximate surface area is 104 Å². The number of benzene rings is 2. The van der Waals surface area contributed by atoms with Gasteiger partial charge in [0.2, 0.25) is 0 Å². The zero-order chi connectivity index (χ0) is 11.8. The second kappa shape index (κ2) is 6.83. The maximum absolute atomic E-state index is 2.20. The van der Waals surface area contributed by atoms with Crippen LogP contribution < -0.4 is 0 Å². The van der Waals surface area contributed by atoms with Crippen LogP contribution in [-0.4, -0.2) is 0 Å². The maximum Gasteiger partial charge on any atom is -0.0256 e. The lowest BCUT2D eigenvalue weighted by Crippen LogP contribution is -1.66. The molecule has 0 fully saturated rings. The molecule has 2 aromatic carbocycles. The lowest BCUT2D eigenvalue weighted by molar-refractivity contribution is 1.66. The van der Waals surface area contributed by atoms with Crippen molar-refractivity contribution < 1.29 is 0 Å². The summed E-state index contributed by atoms with van der Waals surface area (Å²) in [4.78, 5) is 0. The van der Waals surface area contributed by atoms with Crippen LogP contribution in [-0.2, 0) is 0 Å². The third-order valence-electron chi connectivity index (χ3n) is 2.34. The molecular weight excluding hydrogens is 223 g/mol. The first-order valence-electron chi connectivity index (χ1n) is 5.64. The molecule has 0 amide bonds. The smallest absolute Gasteiger partial charge is 0.0256 e. The van der Waals surface area contributed by atoms with E-state index in [-0.39, 0.29) is 0 Å². The molecule has 0 atom stereocenters. The molecule has 0 aliphatic carbocycles. The Balaban J connectivity index is 1.84. The minimum Gasteiger partial charge on any atom is -0.0749 e. The van der Waals surface area contributed by atoms with Gasteiger partial charge in [0.15, 0.2) is 0 Å². The third kappa shape index (κ3) is 4.38. The highest BCUT2D eigenvalue weighted by molar-refractivity contribution is 7.45. The van der Waals surface area contributed by atoms with Crippen molar-refractivity contribution >= 4 is 20.7 Å². The van der Waals surface area contributed by atoms with E-state index in [1.165, 1.54) is 11.1 Å². The van der Waals surface area contributed by atoms with Gasteiger partial charge in [0, 0.05) is 0 Å². The van der Waals surface area contributed by atoms with Crippen molar-refractivity contribution in [1.29, 1.82) is 0 Å². The summed E-state index contributed by atoms with van der Waals surface area (Å²) < 4.78 is 0. The van der Waals surface area contributed by atoms with Crippen LogP contribution in [0.15, 0.2) is 72.3 Å². The van der Waals surface area contributed by atoms with Crippen LogP contribution >= 0.6 is 8.58 Å². The summed E-state index contributed by atoms with van der Waals surface area (Å²) >= 11 is 0. The van der Waals surface area contributed by atoms with Crippen LogP contribution in [0.25, 0.3) is 12.2 Å². The lowest BCUT2D eigenvalue weighted by Gasteiger charge is -1.91. The average molecular weight is 238 g/mol. The fourth-order valence-electron chi connectivity index (χ4n) is 1.47. The summed E-state index contributed by atoms with van der Waals surface area (Å²) in [7, 11) is 0.722. The number of hydrogen-bond donors (Lipinski definition) is 0. The van der Waals surface area contributed by atoms with E-state index in [0.29, 0.717) is 0 Å². The van der Waals surface area contributed by atoms with Crippen molar-refractivity contribution in [2.45, 2.75) is 0 Å². The second-order valence-corrected chi connectivity index (χ2v) is 4.65. The Morgan fingerprint density at radius 3 is 1.41 bits per heavy atom. The van der Waals surface area contributed by atoms with Gasteiger partial charge in [0.1, 0.15) is 0 Å². The largest absolute Gasteiger partial charge is 0.0749 e. The van der Waals surface area contributed by atoms with E-state index in [9.17, 15) is 0 Å². The molecule has 0 heterocycles. The van der Waals surface area contributed by atoms with Gasteiger partial charge >= 0.3 is 0 Å². The molecule has 0 aliphatic heterocycles. The minimum atomic E-state index is 0.722. The van der Waals surface area contributed by atoms with Gasteiger partial charge in [-0.25, -0.2) is 0 Å². The van der Waals surface area contributed by atoms with E-state index < -0.39 is 0 Å². The van der Waals surface area contributed by atoms with Crippen molar-refractivity contribution in [1.82, 2.24) is 0 Å². The van der Waals surface area contributed by atoms with E-state index in [4.69, 9.17) is 0 Å². The van der Waals surface area contributed by atoms with E-state index in [0.717, 1.165) is 8.58 Å². The molecule has 0 aliphatic rings. The molecule has 0 unspecified atom stereocenters. The normalized spacial score (nSPS) is 12.0. The van der Waals surface area contributed by atoms with Crippen molar-refractivity contribution in [2.24, 2.45) is 0 Å². The van der Waals surface area contributed by atoms with Gasteiger partial charge in [-0.2, -0.15) is 0 Å². The van der Waals surface area contributed by atoms with Crippen LogP contribution in [0.1, 0.15) is 11.1 Å².